The molecule has 0 saturated heterocycles. The van der Waals surface area contributed by atoms with Crippen LogP contribution >= 0.6 is 35.3 Å². The van der Waals surface area contributed by atoms with E-state index in [1.807, 2.05) is 0 Å². The molecule has 0 unspecified atom stereocenters. The Morgan fingerprint density at radius 2 is 2.05 bits per heavy atom. The van der Waals surface area contributed by atoms with E-state index in [0.29, 0.717) is 16.9 Å². The maximum absolute atomic E-state index is 12.4. The molecule has 0 saturated carbocycles. The van der Waals surface area contributed by atoms with Crippen LogP contribution in [0.4, 0.5) is 13.2 Å². The van der Waals surface area contributed by atoms with Crippen molar-refractivity contribution in [1.82, 2.24) is 15.6 Å². The second kappa shape index (κ2) is 9.44. The number of halogens is 4. The van der Waals surface area contributed by atoms with E-state index in [0.717, 1.165) is 29.7 Å². The molecule has 0 amide bonds. The molecule has 0 fully saturated rings. The van der Waals surface area contributed by atoms with Gasteiger partial charge in [-0.15, -0.1) is 35.3 Å². The number of alkyl halides is 3. The number of guanidine groups is 1. The van der Waals surface area contributed by atoms with Crippen LogP contribution < -0.4 is 10.6 Å². The van der Waals surface area contributed by atoms with Crippen molar-refractivity contribution in [1.29, 1.82) is 0 Å². The third-order valence-electron chi connectivity index (χ3n) is 2.49. The zero-order valence-electron chi connectivity index (χ0n) is 12.1. The number of rotatable bonds is 5. The zero-order valence-corrected chi connectivity index (χ0v) is 15.3. The molecule has 1 heterocycles. The van der Waals surface area contributed by atoms with Gasteiger partial charge in [0.1, 0.15) is 5.01 Å². The lowest BCUT2D eigenvalue weighted by atomic mass is 10.1. The molecule has 9 heteroatoms. The zero-order chi connectivity index (χ0) is 15.2. The van der Waals surface area contributed by atoms with Crippen molar-refractivity contribution in [3.05, 3.63) is 16.1 Å². The quantitative estimate of drug-likeness (QED) is 0.422. The highest BCUT2D eigenvalue weighted by Gasteiger charge is 2.33. The lowest BCUT2D eigenvalue weighted by Gasteiger charge is -2.11. The molecule has 1 aromatic rings. The van der Waals surface area contributed by atoms with Crippen molar-refractivity contribution in [2.24, 2.45) is 10.9 Å². The van der Waals surface area contributed by atoms with Gasteiger partial charge in [0.25, 0.3) is 0 Å². The number of hydrogen-bond acceptors (Lipinski definition) is 3. The SMILES string of the molecule is CN=C(NCCC(C)C)NCc1nc(C(F)(F)F)cs1.I. The molecule has 0 atom stereocenters. The minimum absolute atomic E-state index is 0. The van der Waals surface area contributed by atoms with Crippen LogP contribution in [0.3, 0.4) is 0 Å². The highest BCUT2D eigenvalue weighted by molar-refractivity contribution is 14.0. The number of nitrogens with one attached hydrogen (secondary N) is 2. The molecule has 1 aromatic heterocycles. The molecule has 0 spiro atoms. The highest BCUT2D eigenvalue weighted by Crippen LogP contribution is 2.29. The van der Waals surface area contributed by atoms with Crippen LogP contribution in [0.5, 0.6) is 0 Å². The predicted molar refractivity (Wildman–Crippen MR) is 90.2 cm³/mol. The molecule has 0 bridgehead atoms. The van der Waals surface area contributed by atoms with Gasteiger partial charge in [0.05, 0.1) is 6.54 Å². The van der Waals surface area contributed by atoms with E-state index in [-0.39, 0.29) is 30.5 Å². The number of nitrogens with zero attached hydrogens (tertiary/aromatic N) is 2. The molecule has 0 aliphatic heterocycles. The average Bonchev–Trinajstić information content (AvgIpc) is 2.81. The molecular weight excluding hydrogens is 416 g/mol. The number of aromatic nitrogens is 1. The largest absolute Gasteiger partial charge is 0.434 e. The van der Waals surface area contributed by atoms with Crippen LogP contribution in [0.15, 0.2) is 10.4 Å². The van der Waals surface area contributed by atoms with Crippen LogP contribution in [-0.2, 0) is 12.7 Å². The molecule has 1 rings (SSSR count). The van der Waals surface area contributed by atoms with Crippen molar-refractivity contribution < 1.29 is 13.2 Å². The van der Waals surface area contributed by atoms with Gasteiger partial charge in [-0.25, -0.2) is 4.98 Å². The molecule has 0 aliphatic rings. The fourth-order valence-corrected chi connectivity index (χ4v) is 2.12. The summed E-state index contributed by atoms with van der Waals surface area (Å²) >= 11 is 0.981. The van der Waals surface area contributed by atoms with Crippen LogP contribution in [-0.4, -0.2) is 24.5 Å². The lowest BCUT2D eigenvalue weighted by Crippen LogP contribution is -2.37. The summed E-state index contributed by atoms with van der Waals surface area (Å²) < 4.78 is 37.2. The Hall–Kier alpha value is -0.580. The van der Waals surface area contributed by atoms with Crippen LogP contribution in [0, 0.1) is 5.92 Å². The van der Waals surface area contributed by atoms with Gasteiger partial charge in [0.15, 0.2) is 11.7 Å². The van der Waals surface area contributed by atoms with Gasteiger partial charge in [0.2, 0.25) is 0 Å². The van der Waals surface area contributed by atoms with Crippen molar-refractivity contribution in [2.45, 2.75) is 33.0 Å². The Labute approximate surface area is 143 Å². The summed E-state index contributed by atoms with van der Waals surface area (Å²) in [6, 6.07) is 0. The van der Waals surface area contributed by atoms with Crippen LogP contribution in [0.25, 0.3) is 0 Å². The normalized spacial score (nSPS) is 12.2. The van der Waals surface area contributed by atoms with Crippen LogP contribution in [0.1, 0.15) is 31.0 Å². The van der Waals surface area contributed by atoms with Gasteiger partial charge in [-0.05, 0) is 12.3 Å². The van der Waals surface area contributed by atoms with Crippen LogP contribution in [0.2, 0.25) is 0 Å². The summed E-state index contributed by atoms with van der Waals surface area (Å²) in [4.78, 5) is 7.55. The first-order chi connectivity index (χ1) is 9.32. The van der Waals surface area contributed by atoms with Gasteiger partial charge in [0, 0.05) is 19.0 Å². The smallest absolute Gasteiger partial charge is 0.356 e. The summed E-state index contributed by atoms with van der Waals surface area (Å²) in [5.74, 6) is 1.14. The minimum Gasteiger partial charge on any atom is -0.356 e. The van der Waals surface area contributed by atoms with E-state index >= 15 is 0 Å². The topological polar surface area (TPSA) is 49.3 Å². The maximum Gasteiger partial charge on any atom is 0.434 e. The molecular formula is C12H20F3IN4S. The first-order valence-electron chi connectivity index (χ1n) is 6.29. The van der Waals surface area contributed by atoms with Gasteiger partial charge < -0.3 is 10.6 Å². The standard InChI is InChI=1S/C12H19F3N4S.HI/c1-8(2)4-5-17-11(16-3)18-6-10-19-9(7-20-10)12(13,14)15;/h7-8H,4-6H2,1-3H3,(H2,16,17,18);1H. The second-order valence-electron chi connectivity index (χ2n) is 4.66. The second-order valence-corrected chi connectivity index (χ2v) is 5.60. The summed E-state index contributed by atoms with van der Waals surface area (Å²) in [5, 5.41) is 7.44. The van der Waals surface area contributed by atoms with E-state index in [1.54, 1.807) is 7.05 Å². The maximum atomic E-state index is 12.4. The Morgan fingerprint density at radius 3 is 2.52 bits per heavy atom. The van der Waals surface area contributed by atoms with Gasteiger partial charge in [-0.3, -0.25) is 4.99 Å². The Balaban J connectivity index is 0.00000400. The lowest BCUT2D eigenvalue weighted by molar-refractivity contribution is -0.140. The van der Waals surface area contributed by atoms with E-state index in [2.05, 4.69) is 34.5 Å². The van der Waals surface area contributed by atoms with Crippen molar-refractivity contribution in [2.75, 3.05) is 13.6 Å². The summed E-state index contributed by atoms with van der Waals surface area (Å²) in [5.41, 5.74) is -0.845. The minimum atomic E-state index is -4.38. The van der Waals surface area contributed by atoms with Gasteiger partial charge in [-0.2, -0.15) is 13.2 Å². The third-order valence-corrected chi connectivity index (χ3v) is 3.34. The molecule has 2 N–H and O–H groups in total. The predicted octanol–water partition coefficient (Wildman–Crippen LogP) is 3.49. The number of aliphatic imine (C=N–C) groups is 1. The first-order valence-corrected chi connectivity index (χ1v) is 7.17. The summed E-state index contributed by atoms with van der Waals surface area (Å²) in [7, 11) is 1.62. The molecule has 0 aliphatic carbocycles. The Kier molecular flexibility index (Phi) is 9.18. The Bertz CT molecular complexity index is 446. The monoisotopic (exact) mass is 436 g/mol. The summed E-state index contributed by atoms with van der Waals surface area (Å²) in [6.07, 6.45) is -3.39. The highest BCUT2D eigenvalue weighted by atomic mass is 127. The summed E-state index contributed by atoms with van der Waals surface area (Å²) in [6.45, 7) is 5.23. The van der Waals surface area contributed by atoms with E-state index < -0.39 is 11.9 Å². The van der Waals surface area contributed by atoms with Gasteiger partial charge in [-0.1, -0.05) is 13.8 Å². The molecule has 21 heavy (non-hydrogen) atoms. The van der Waals surface area contributed by atoms with Crippen molar-refractivity contribution in [3.8, 4) is 0 Å². The van der Waals surface area contributed by atoms with Gasteiger partial charge >= 0.3 is 6.18 Å². The molecule has 0 radical (unpaired) electrons. The fraction of sp³-hybridized carbons (Fsp3) is 0.667. The average molecular weight is 436 g/mol. The molecule has 122 valence electrons. The van der Waals surface area contributed by atoms with E-state index in [9.17, 15) is 13.2 Å². The van der Waals surface area contributed by atoms with Crippen molar-refractivity contribution >= 4 is 41.3 Å². The van der Waals surface area contributed by atoms with E-state index in [4.69, 9.17) is 0 Å². The number of hydrogen-bond donors (Lipinski definition) is 2. The molecule has 0 aromatic carbocycles. The number of thiazole rings is 1. The third kappa shape index (κ3) is 7.84. The van der Waals surface area contributed by atoms with Crippen molar-refractivity contribution in [3.63, 3.8) is 0 Å². The van der Waals surface area contributed by atoms with E-state index in [1.165, 1.54) is 0 Å². The Morgan fingerprint density at radius 1 is 1.38 bits per heavy atom. The first kappa shape index (κ1) is 20.4. The molecule has 4 nitrogen and oxygen atoms in total. The fourth-order valence-electron chi connectivity index (χ4n) is 1.38.